The lowest BCUT2D eigenvalue weighted by atomic mass is 9.95. The Balaban J connectivity index is 1.67. The molecule has 3 aliphatic rings. The van der Waals surface area contributed by atoms with Gasteiger partial charge >= 0.3 is 0 Å². The smallest absolute Gasteiger partial charge is 0.243 e. The molecule has 1 aromatic carbocycles. The average Bonchev–Trinajstić information content (AvgIpc) is 3.40. The molecule has 0 spiro atoms. The van der Waals surface area contributed by atoms with Gasteiger partial charge in [-0.05, 0) is 37.8 Å². The number of sulfonamides is 1. The summed E-state index contributed by atoms with van der Waals surface area (Å²) in [6.45, 7) is 0.973. The first-order valence-corrected chi connectivity index (χ1v) is 10.0. The fourth-order valence-corrected chi connectivity index (χ4v) is 5.61. The highest BCUT2D eigenvalue weighted by Crippen LogP contribution is 2.40. The summed E-state index contributed by atoms with van der Waals surface area (Å²) in [5, 5.41) is 0. The molecule has 5 nitrogen and oxygen atoms in total. The Morgan fingerprint density at radius 3 is 2.22 bits per heavy atom. The second-order valence-corrected chi connectivity index (χ2v) is 8.51. The lowest BCUT2D eigenvalue weighted by Gasteiger charge is -2.33. The van der Waals surface area contributed by atoms with Crippen molar-refractivity contribution in [3.63, 3.8) is 0 Å². The van der Waals surface area contributed by atoms with Crippen LogP contribution in [-0.2, 0) is 10.0 Å². The largest absolute Gasteiger partial charge is 0.486 e. The van der Waals surface area contributed by atoms with E-state index >= 15 is 0 Å². The number of rotatable bonds is 4. The summed E-state index contributed by atoms with van der Waals surface area (Å²) in [6.07, 6.45) is 7.43. The fraction of sp³-hybridized carbons (Fsp3) is 0.647. The third kappa shape index (κ3) is 2.94. The number of hydrogen-bond acceptors (Lipinski definition) is 4. The molecule has 0 radical (unpaired) electrons. The quantitative estimate of drug-likeness (QED) is 0.848. The van der Waals surface area contributed by atoms with Gasteiger partial charge in [-0.25, -0.2) is 8.42 Å². The van der Waals surface area contributed by atoms with Crippen LogP contribution in [0.5, 0.6) is 11.5 Å². The number of hydrogen-bond donors (Lipinski definition) is 0. The molecular formula is C17H23NO4S. The first-order valence-electron chi connectivity index (χ1n) is 8.59. The Labute approximate surface area is 137 Å². The van der Waals surface area contributed by atoms with Crippen molar-refractivity contribution in [2.75, 3.05) is 13.2 Å². The SMILES string of the molecule is O=S(=O)(c1ccc2c(c1)OCCO2)N(C1CCCCC1)C1CC1. The van der Waals surface area contributed by atoms with Crippen LogP contribution >= 0.6 is 0 Å². The molecule has 1 aromatic rings. The van der Waals surface area contributed by atoms with Gasteiger partial charge in [0.05, 0.1) is 4.90 Å². The predicted molar refractivity (Wildman–Crippen MR) is 86.4 cm³/mol. The molecule has 0 bridgehead atoms. The Morgan fingerprint density at radius 2 is 1.52 bits per heavy atom. The molecule has 6 heteroatoms. The van der Waals surface area contributed by atoms with Crippen molar-refractivity contribution in [1.82, 2.24) is 4.31 Å². The van der Waals surface area contributed by atoms with Crippen molar-refractivity contribution in [3.8, 4) is 11.5 Å². The maximum absolute atomic E-state index is 13.2. The minimum absolute atomic E-state index is 0.162. The number of ether oxygens (including phenoxy) is 2. The zero-order valence-electron chi connectivity index (χ0n) is 13.2. The van der Waals surface area contributed by atoms with E-state index in [1.165, 1.54) is 6.42 Å². The molecule has 0 aromatic heterocycles. The van der Waals surface area contributed by atoms with Crippen LogP contribution in [0.15, 0.2) is 23.1 Å². The van der Waals surface area contributed by atoms with Crippen LogP contribution in [0.2, 0.25) is 0 Å². The number of nitrogens with zero attached hydrogens (tertiary/aromatic N) is 1. The zero-order valence-corrected chi connectivity index (χ0v) is 14.1. The van der Waals surface area contributed by atoms with Crippen LogP contribution in [0.3, 0.4) is 0 Å². The van der Waals surface area contributed by atoms with Gasteiger partial charge in [0, 0.05) is 18.2 Å². The molecule has 2 saturated carbocycles. The molecule has 0 N–H and O–H groups in total. The molecule has 0 amide bonds. The van der Waals surface area contributed by atoms with E-state index in [0.717, 1.165) is 38.5 Å². The standard InChI is InChI=1S/C17H23NO4S/c19-23(20,15-8-9-16-17(12-15)22-11-10-21-16)18(14-6-7-14)13-4-2-1-3-5-13/h8-9,12-14H,1-7,10-11H2. The summed E-state index contributed by atoms with van der Waals surface area (Å²) in [4.78, 5) is 0.333. The Bertz CT molecular complexity index is 678. The summed E-state index contributed by atoms with van der Waals surface area (Å²) in [5.74, 6) is 1.17. The van der Waals surface area contributed by atoms with E-state index in [-0.39, 0.29) is 12.1 Å². The van der Waals surface area contributed by atoms with E-state index in [9.17, 15) is 8.42 Å². The summed E-state index contributed by atoms with van der Waals surface area (Å²) in [7, 11) is -3.47. The van der Waals surface area contributed by atoms with E-state index < -0.39 is 10.0 Å². The van der Waals surface area contributed by atoms with Crippen LogP contribution in [0.1, 0.15) is 44.9 Å². The molecule has 0 atom stereocenters. The monoisotopic (exact) mass is 337 g/mol. The molecule has 1 heterocycles. The zero-order chi connectivity index (χ0) is 15.9. The minimum Gasteiger partial charge on any atom is -0.486 e. The molecule has 2 fully saturated rings. The van der Waals surface area contributed by atoms with Crippen molar-refractivity contribution in [1.29, 1.82) is 0 Å². The van der Waals surface area contributed by atoms with Gasteiger partial charge in [0.2, 0.25) is 10.0 Å². The van der Waals surface area contributed by atoms with Crippen molar-refractivity contribution in [2.24, 2.45) is 0 Å². The van der Waals surface area contributed by atoms with Gasteiger partial charge in [-0.2, -0.15) is 4.31 Å². The Kier molecular flexibility index (Phi) is 3.97. The van der Waals surface area contributed by atoms with Crippen molar-refractivity contribution >= 4 is 10.0 Å². The van der Waals surface area contributed by atoms with E-state index in [4.69, 9.17) is 9.47 Å². The third-order valence-corrected chi connectivity index (χ3v) is 6.93. The normalized spacial score (nSPS) is 22.3. The summed E-state index contributed by atoms with van der Waals surface area (Å²) in [5.41, 5.74) is 0. The second-order valence-electron chi connectivity index (χ2n) is 6.66. The molecular weight excluding hydrogens is 314 g/mol. The van der Waals surface area contributed by atoms with Crippen LogP contribution in [0, 0.1) is 0 Å². The topological polar surface area (TPSA) is 55.8 Å². The summed E-state index contributed by atoms with van der Waals surface area (Å²) in [6, 6.07) is 5.35. The minimum atomic E-state index is -3.47. The summed E-state index contributed by atoms with van der Waals surface area (Å²) < 4.78 is 39.3. The highest BCUT2D eigenvalue weighted by atomic mass is 32.2. The Morgan fingerprint density at radius 1 is 0.870 bits per heavy atom. The molecule has 0 saturated heterocycles. The van der Waals surface area contributed by atoms with Crippen LogP contribution in [0.25, 0.3) is 0 Å². The lowest BCUT2D eigenvalue weighted by molar-refractivity contribution is 0.171. The van der Waals surface area contributed by atoms with Crippen molar-refractivity contribution < 1.29 is 17.9 Å². The van der Waals surface area contributed by atoms with E-state index in [2.05, 4.69) is 0 Å². The van der Waals surface area contributed by atoms with Gasteiger partial charge in [0.1, 0.15) is 13.2 Å². The van der Waals surface area contributed by atoms with E-state index in [1.807, 2.05) is 0 Å². The van der Waals surface area contributed by atoms with Gasteiger partial charge in [-0.1, -0.05) is 19.3 Å². The Hall–Kier alpha value is -1.27. The van der Waals surface area contributed by atoms with Gasteiger partial charge in [0.15, 0.2) is 11.5 Å². The second kappa shape index (κ2) is 5.98. The van der Waals surface area contributed by atoms with Gasteiger partial charge < -0.3 is 9.47 Å². The maximum Gasteiger partial charge on any atom is 0.243 e. The molecule has 2 aliphatic carbocycles. The van der Waals surface area contributed by atoms with E-state index in [1.54, 1.807) is 22.5 Å². The lowest BCUT2D eigenvalue weighted by Crippen LogP contribution is -2.42. The fourth-order valence-electron chi connectivity index (χ4n) is 3.66. The number of fused-ring (bicyclic) bond motifs is 1. The molecule has 1 aliphatic heterocycles. The third-order valence-electron chi connectivity index (χ3n) is 4.93. The van der Waals surface area contributed by atoms with Crippen LogP contribution in [-0.4, -0.2) is 38.0 Å². The molecule has 0 unspecified atom stereocenters. The highest BCUT2D eigenvalue weighted by molar-refractivity contribution is 7.89. The van der Waals surface area contributed by atoms with Crippen LogP contribution in [0.4, 0.5) is 0 Å². The van der Waals surface area contributed by atoms with Crippen molar-refractivity contribution in [3.05, 3.63) is 18.2 Å². The molecule has 23 heavy (non-hydrogen) atoms. The first kappa shape index (κ1) is 15.3. The van der Waals surface area contributed by atoms with Gasteiger partial charge in [0.25, 0.3) is 0 Å². The average molecular weight is 337 g/mol. The van der Waals surface area contributed by atoms with Crippen LogP contribution < -0.4 is 9.47 Å². The van der Waals surface area contributed by atoms with Gasteiger partial charge in [-0.3, -0.25) is 0 Å². The summed E-state index contributed by atoms with van der Waals surface area (Å²) >= 11 is 0. The molecule has 4 rings (SSSR count). The van der Waals surface area contributed by atoms with Gasteiger partial charge in [-0.15, -0.1) is 0 Å². The number of benzene rings is 1. The maximum atomic E-state index is 13.2. The van der Waals surface area contributed by atoms with Crippen molar-refractivity contribution in [2.45, 2.75) is 61.9 Å². The highest BCUT2D eigenvalue weighted by Gasteiger charge is 2.43. The van der Waals surface area contributed by atoms with E-state index in [0.29, 0.717) is 29.6 Å². The molecule has 126 valence electrons. The first-order chi connectivity index (χ1) is 11.2. The predicted octanol–water partition coefficient (Wildman–Crippen LogP) is 2.94.